The van der Waals surface area contributed by atoms with Crippen LogP contribution < -0.4 is 0 Å². The maximum atomic E-state index is 4.68. The van der Waals surface area contributed by atoms with E-state index in [4.69, 9.17) is 0 Å². The number of nitrogens with zero attached hydrogens (tertiary/aromatic N) is 3. The number of benzene rings is 2. The highest BCUT2D eigenvalue weighted by atomic mass is 15.0. The Hall–Kier alpha value is -2.94. The van der Waals surface area contributed by atoms with Crippen LogP contribution in [0.1, 0.15) is 0 Å². The van der Waals surface area contributed by atoms with Gasteiger partial charge in [0.25, 0.3) is 0 Å². The van der Waals surface area contributed by atoms with Crippen molar-refractivity contribution < 1.29 is 0 Å². The van der Waals surface area contributed by atoms with Crippen LogP contribution in [0.25, 0.3) is 38.2 Å². The van der Waals surface area contributed by atoms with Crippen LogP contribution in [0.3, 0.4) is 0 Å². The maximum absolute atomic E-state index is 4.68. The minimum absolute atomic E-state index is 0.958. The van der Waals surface area contributed by atoms with Crippen molar-refractivity contribution in [1.29, 1.82) is 0 Å². The molecule has 2 aromatic carbocycles. The standard InChI is InChI=1S/C18H11N3/c1-2-6-13-12(5-1)11-20-18-16(13)14-7-3-4-8-15(14)17-19-9-10-21(17)18/h1-11H. The quantitative estimate of drug-likeness (QED) is 0.395. The summed E-state index contributed by atoms with van der Waals surface area (Å²) in [4.78, 5) is 9.18. The zero-order chi connectivity index (χ0) is 13.8. The van der Waals surface area contributed by atoms with Crippen molar-refractivity contribution in [3.8, 4) is 0 Å². The van der Waals surface area contributed by atoms with Gasteiger partial charge in [-0.3, -0.25) is 4.40 Å². The molecule has 0 aliphatic heterocycles. The first kappa shape index (κ1) is 10.8. The van der Waals surface area contributed by atoms with Crippen LogP contribution in [0.5, 0.6) is 0 Å². The lowest BCUT2D eigenvalue weighted by Gasteiger charge is -2.09. The zero-order valence-electron chi connectivity index (χ0n) is 11.2. The fraction of sp³-hybridized carbons (Fsp3) is 0. The lowest BCUT2D eigenvalue weighted by Crippen LogP contribution is -1.93. The van der Waals surface area contributed by atoms with Crippen molar-refractivity contribution in [2.75, 3.05) is 0 Å². The molecule has 0 fully saturated rings. The summed E-state index contributed by atoms with van der Waals surface area (Å²) >= 11 is 0. The highest BCUT2D eigenvalue weighted by Crippen LogP contribution is 2.32. The highest BCUT2D eigenvalue weighted by Gasteiger charge is 2.12. The molecule has 0 atom stereocenters. The van der Waals surface area contributed by atoms with Crippen LogP contribution in [-0.4, -0.2) is 14.4 Å². The van der Waals surface area contributed by atoms with Gasteiger partial charge in [0.05, 0.1) is 0 Å². The number of rotatable bonds is 0. The van der Waals surface area contributed by atoms with Crippen LogP contribution in [0.15, 0.2) is 67.1 Å². The minimum Gasteiger partial charge on any atom is -0.283 e. The number of aromatic nitrogens is 3. The van der Waals surface area contributed by atoms with Crippen LogP contribution in [0.2, 0.25) is 0 Å². The van der Waals surface area contributed by atoms with Crippen LogP contribution in [0, 0.1) is 0 Å². The molecule has 0 amide bonds. The molecule has 3 nitrogen and oxygen atoms in total. The van der Waals surface area contributed by atoms with Gasteiger partial charge in [-0.1, -0.05) is 48.5 Å². The fourth-order valence-corrected chi connectivity index (χ4v) is 3.17. The van der Waals surface area contributed by atoms with Crippen molar-refractivity contribution in [3.05, 3.63) is 67.1 Å². The van der Waals surface area contributed by atoms with Gasteiger partial charge in [-0.25, -0.2) is 9.97 Å². The first-order chi connectivity index (χ1) is 10.4. The summed E-state index contributed by atoms with van der Waals surface area (Å²) in [7, 11) is 0. The van der Waals surface area contributed by atoms with E-state index in [1.165, 1.54) is 16.2 Å². The molecule has 0 unspecified atom stereocenters. The normalized spacial score (nSPS) is 11.8. The van der Waals surface area contributed by atoms with Crippen molar-refractivity contribution in [2.24, 2.45) is 0 Å². The summed E-state index contributed by atoms with van der Waals surface area (Å²) in [5.41, 5.74) is 1.92. The Bertz CT molecular complexity index is 1140. The molecule has 0 bridgehead atoms. The third-order valence-corrected chi connectivity index (χ3v) is 4.09. The predicted molar refractivity (Wildman–Crippen MR) is 85.5 cm³/mol. The fourth-order valence-electron chi connectivity index (χ4n) is 3.17. The van der Waals surface area contributed by atoms with Crippen molar-refractivity contribution in [3.63, 3.8) is 0 Å². The average molecular weight is 269 g/mol. The second-order valence-electron chi connectivity index (χ2n) is 5.21. The predicted octanol–water partition coefficient (Wildman–Crippen LogP) is 4.19. The monoisotopic (exact) mass is 269 g/mol. The Morgan fingerprint density at radius 3 is 2.38 bits per heavy atom. The van der Waals surface area contributed by atoms with Gasteiger partial charge in [0.2, 0.25) is 0 Å². The largest absolute Gasteiger partial charge is 0.283 e. The number of hydrogen-bond donors (Lipinski definition) is 0. The van der Waals surface area contributed by atoms with E-state index in [0.717, 1.165) is 22.1 Å². The lowest BCUT2D eigenvalue weighted by atomic mass is 10.0. The maximum Gasteiger partial charge on any atom is 0.146 e. The van der Waals surface area contributed by atoms with E-state index in [1.807, 2.05) is 24.7 Å². The molecule has 0 aliphatic rings. The van der Waals surface area contributed by atoms with Crippen LogP contribution in [-0.2, 0) is 0 Å². The Labute approximate surface area is 120 Å². The lowest BCUT2D eigenvalue weighted by molar-refractivity contribution is 1.21. The van der Waals surface area contributed by atoms with Crippen molar-refractivity contribution in [2.45, 2.75) is 0 Å². The molecule has 0 radical (unpaired) electrons. The highest BCUT2D eigenvalue weighted by molar-refractivity contribution is 6.20. The zero-order valence-corrected chi connectivity index (χ0v) is 11.2. The van der Waals surface area contributed by atoms with Crippen molar-refractivity contribution >= 4 is 38.2 Å². The second-order valence-corrected chi connectivity index (χ2v) is 5.21. The van der Waals surface area contributed by atoms with Crippen molar-refractivity contribution in [1.82, 2.24) is 14.4 Å². The van der Waals surface area contributed by atoms with Gasteiger partial charge in [-0.05, 0) is 10.8 Å². The Kier molecular flexibility index (Phi) is 1.95. The van der Waals surface area contributed by atoms with E-state index in [9.17, 15) is 0 Å². The van der Waals surface area contributed by atoms with Crippen LogP contribution in [0.4, 0.5) is 0 Å². The molecule has 0 saturated carbocycles. The third kappa shape index (κ3) is 1.32. The van der Waals surface area contributed by atoms with E-state index < -0.39 is 0 Å². The van der Waals surface area contributed by atoms with Gasteiger partial charge >= 0.3 is 0 Å². The summed E-state index contributed by atoms with van der Waals surface area (Å²) in [6.07, 6.45) is 5.75. The van der Waals surface area contributed by atoms with E-state index in [-0.39, 0.29) is 0 Å². The summed E-state index contributed by atoms with van der Waals surface area (Å²) < 4.78 is 2.07. The average Bonchev–Trinajstić information content (AvgIpc) is 3.04. The van der Waals surface area contributed by atoms with Gasteiger partial charge < -0.3 is 0 Å². The van der Waals surface area contributed by atoms with E-state index in [2.05, 4.69) is 56.8 Å². The third-order valence-electron chi connectivity index (χ3n) is 4.09. The second kappa shape index (κ2) is 3.79. The smallest absolute Gasteiger partial charge is 0.146 e. The molecule has 0 aliphatic carbocycles. The topological polar surface area (TPSA) is 30.2 Å². The number of imidazole rings is 1. The molecule has 21 heavy (non-hydrogen) atoms. The molecule has 3 aromatic heterocycles. The molecule has 5 aromatic rings. The van der Waals surface area contributed by atoms with Gasteiger partial charge in [-0.15, -0.1) is 0 Å². The van der Waals surface area contributed by atoms with Gasteiger partial charge in [0.15, 0.2) is 0 Å². The van der Waals surface area contributed by atoms with Gasteiger partial charge in [0, 0.05) is 34.7 Å². The Morgan fingerprint density at radius 1 is 0.714 bits per heavy atom. The van der Waals surface area contributed by atoms with Crippen LogP contribution >= 0.6 is 0 Å². The summed E-state index contributed by atoms with van der Waals surface area (Å²) in [5.74, 6) is 0. The molecular weight excluding hydrogens is 258 g/mol. The van der Waals surface area contributed by atoms with Gasteiger partial charge in [0.1, 0.15) is 11.3 Å². The van der Waals surface area contributed by atoms with E-state index >= 15 is 0 Å². The SMILES string of the molecule is c1ccc2c(c1)cnc1c2c2ccccc2c2nccn21. The molecule has 5 rings (SSSR count). The number of pyridine rings is 2. The number of hydrogen-bond acceptors (Lipinski definition) is 2. The first-order valence-corrected chi connectivity index (χ1v) is 6.95. The molecule has 0 saturated heterocycles. The molecule has 98 valence electrons. The Balaban J connectivity index is 2.25. The Morgan fingerprint density at radius 2 is 1.48 bits per heavy atom. The van der Waals surface area contributed by atoms with E-state index in [0.29, 0.717) is 0 Å². The van der Waals surface area contributed by atoms with E-state index in [1.54, 1.807) is 0 Å². The molecule has 0 spiro atoms. The first-order valence-electron chi connectivity index (χ1n) is 6.95. The number of fused-ring (bicyclic) bond motifs is 8. The minimum atomic E-state index is 0.958. The molecular formula is C18H11N3. The summed E-state index contributed by atoms with van der Waals surface area (Å²) in [6, 6.07) is 16.8. The summed E-state index contributed by atoms with van der Waals surface area (Å²) in [5, 5.41) is 5.95. The van der Waals surface area contributed by atoms with Gasteiger partial charge in [-0.2, -0.15) is 0 Å². The summed E-state index contributed by atoms with van der Waals surface area (Å²) in [6.45, 7) is 0. The molecule has 0 N–H and O–H groups in total. The molecule has 3 heterocycles. The molecule has 3 heteroatoms.